The molecular weight excluding hydrogens is 504 g/mol. The molecule has 0 bridgehead atoms. The predicted molar refractivity (Wildman–Crippen MR) is 135 cm³/mol. The van der Waals surface area contributed by atoms with Crippen LogP contribution < -0.4 is 10.3 Å². The molecule has 0 radical (unpaired) electrons. The molecule has 0 atom stereocenters. The molecule has 3 aromatic carbocycles. The number of benzene rings is 3. The molecule has 9 heteroatoms. The van der Waals surface area contributed by atoms with Crippen molar-refractivity contribution in [3.05, 3.63) is 104 Å². The van der Waals surface area contributed by atoms with Gasteiger partial charge in [-0.05, 0) is 80.1 Å². The largest absolute Gasteiger partial charge is 0.295 e. The van der Waals surface area contributed by atoms with Crippen molar-refractivity contribution in [3.63, 3.8) is 0 Å². The second-order valence-electron chi connectivity index (χ2n) is 7.49. The zero-order valence-electron chi connectivity index (χ0n) is 17.9. The Hall–Kier alpha value is -3.43. The number of nitrogens with zero attached hydrogens (tertiary/aromatic N) is 2. The second-order valence-corrected chi connectivity index (χ2v) is 10.1. The van der Waals surface area contributed by atoms with Gasteiger partial charge < -0.3 is 0 Å². The van der Waals surface area contributed by atoms with Gasteiger partial charge in [0.25, 0.3) is 15.6 Å². The SMILES string of the molecule is Cc1cccc(NS(=O)(=O)c2ccc(N=Cc3c(C)[nH]n(-c4ccc(Br)cc4)c3=O)cc2)c1. The Kier molecular flexibility index (Phi) is 6.35. The minimum absolute atomic E-state index is 0.123. The summed E-state index contributed by atoms with van der Waals surface area (Å²) in [6.45, 7) is 3.69. The van der Waals surface area contributed by atoms with Gasteiger partial charge in [-0.15, -0.1) is 0 Å². The fourth-order valence-corrected chi connectivity index (χ4v) is 4.57. The number of sulfonamides is 1. The van der Waals surface area contributed by atoms with Crippen LogP contribution in [0, 0.1) is 13.8 Å². The van der Waals surface area contributed by atoms with Gasteiger partial charge in [0.05, 0.1) is 21.8 Å². The lowest BCUT2D eigenvalue weighted by Crippen LogP contribution is -2.17. The Labute approximate surface area is 200 Å². The number of aryl methyl sites for hydroxylation is 2. The number of anilines is 1. The number of aromatic nitrogens is 2. The number of nitrogens with one attached hydrogen (secondary N) is 2. The van der Waals surface area contributed by atoms with Crippen molar-refractivity contribution in [2.24, 2.45) is 4.99 Å². The maximum atomic E-state index is 12.8. The fraction of sp³-hybridized carbons (Fsp3) is 0.0833. The van der Waals surface area contributed by atoms with E-state index < -0.39 is 10.0 Å². The van der Waals surface area contributed by atoms with Gasteiger partial charge in [-0.2, -0.15) is 0 Å². The number of rotatable bonds is 6. The summed E-state index contributed by atoms with van der Waals surface area (Å²) in [4.78, 5) is 17.3. The maximum absolute atomic E-state index is 12.8. The first-order valence-electron chi connectivity index (χ1n) is 10.0. The quantitative estimate of drug-likeness (QED) is 0.343. The van der Waals surface area contributed by atoms with Crippen molar-refractivity contribution in [2.45, 2.75) is 18.7 Å². The highest BCUT2D eigenvalue weighted by Crippen LogP contribution is 2.20. The zero-order valence-corrected chi connectivity index (χ0v) is 20.3. The molecule has 0 saturated carbocycles. The van der Waals surface area contributed by atoms with Crippen LogP contribution in [0.5, 0.6) is 0 Å². The van der Waals surface area contributed by atoms with Gasteiger partial charge in [-0.25, -0.2) is 13.1 Å². The van der Waals surface area contributed by atoms with E-state index in [1.165, 1.54) is 23.0 Å². The number of H-pyrrole nitrogens is 1. The third kappa shape index (κ3) is 5.15. The van der Waals surface area contributed by atoms with Crippen LogP contribution in [0.2, 0.25) is 0 Å². The molecule has 4 aromatic rings. The first kappa shape index (κ1) is 22.8. The molecule has 0 fully saturated rings. The number of halogens is 1. The predicted octanol–water partition coefficient (Wildman–Crippen LogP) is 5.10. The molecule has 0 aliphatic heterocycles. The number of aromatic amines is 1. The molecule has 4 rings (SSSR count). The minimum atomic E-state index is -3.72. The van der Waals surface area contributed by atoms with Crippen molar-refractivity contribution in [1.29, 1.82) is 0 Å². The number of hydrogen-bond donors (Lipinski definition) is 2. The van der Waals surface area contributed by atoms with Crippen LogP contribution in [0.3, 0.4) is 0 Å². The third-order valence-corrected chi connectivity index (χ3v) is 6.89. The lowest BCUT2D eigenvalue weighted by molar-refractivity contribution is 0.601. The normalized spacial score (nSPS) is 11.7. The average molecular weight is 525 g/mol. The van der Waals surface area contributed by atoms with Crippen molar-refractivity contribution in [3.8, 4) is 5.69 Å². The van der Waals surface area contributed by atoms with Crippen LogP contribution in [-0.4, -0.2) is 24.4 Å². The Morgan fingerprint density at radius 1 is 1.00 bits per heavy atom. The van der Waals surface area contributed by atoms with Gasteiger partial charge in [-0.1, -0.05) is 28.1 Å². The fourth-order valence-electron chi connectivity index (χ4n) is 3.26. The highest BCUT2D eigenvalue weighted by molar-refractivity contribution is 9.10. The molecule has 0 aliphatic carbocycles. The first-order chi connectivity index (χ1) is 15.7. The van der Waals surface area contributed by atoms with Crippen molar-refractivity contribution in [2.75, 3.05) is 4.72 Å². The van der Waals surface area contributed by atoms with Crippen molar-refractivity contribution < 1.29 is 8.42 Å². The summed E-state index contributed by atoms with van der Waals surface area (Å²) in [5, 5.41) is 3.05. The minimum Gasteiger partial charge on any atom is -0.295 e. The Morgan fingerprint density at radius 2 is 1.70 bits per heavy atom. The summed E-state index contributed by atoms with van der Waals surface area (Å²) in [6, 6.07) is 20.7. The molecule has 1 heterocycles. The van der Waals surface area contributed by atoms with E-state index >= 15 is 0 Å². The van der Waals surface area contributed by atoms with Crippen LogP contribution in [0.25, 0.3) is 5.69 Å². The number of hydrogen-bond acceptors (Lipinski definition) is 4. The van der Waals surface area contributed by atoms with E-state index in [4.69, 9.17) is 0 Å². The lowest BCUT2D eigenvalue weighted by Gasteiger charge is -2.08. The van der Waals surface area contributed by atoms with Gasteiger partial charge in [0.1, 0.15) is 0 Å². The summed E-state index contributed by atoms with van der Waals surface area (Å²) in [6.07, 6.45) is 1.48. The standard InChI is InChI=1S/C24H21BrN4O3S/c1-16-4-3-5-20(14-16)28-33(31,32)22-12-8-19(9-13-22)26-15-23-17(2)27-29(24(23)30)21-10-6-18(25)7-11-21/h3-15,27-28H,1-2H3. The van der Waals surface area contributed by atoms with E-state index in [-0.39, 0.29) is 10.5 Å². The Morgan fingerprint density at radius 3 is 2.36 bits per heavy atom. The molecule has 2 N–H and O–H groups in total. The molecule has 33 heavy (non-hydrogen) atoms. The summed E-state index contributed by atoms with van der Waals surface area (Å²) in [5.74, 6) is 0. The Bertz CT molecular complexity index is 1490. The third-order valence-electron chi connectivity index (χ3n) is 4.96. The number of aliphatic imine (C=N–C) groups is 1. The van der Waals surface area contributed by atoms with E-state index in [1.54, 1.807) is 37.3 Å². The van der Waals surface area contributed by atoms with Gasteiger partial charge in [0.2, 0.25) is 0 Å². The van der Waals surface area contributed by atoms with Crippen LogP contribution in [0.1, 0.15) is 16.8 Å². The highest BCUT2D eigenvalue weighted by Gasteiger charge is 2.14. The summed E-state index contributed by atoms with van der Waals surface area (Å²) in [7, 11) is -3.72. The maximum Gasteiger partial charge on any atom is 0.280 e. The van der Waals surface area contributed by atoms with Crippen LogP contribution in [0.15, 0.2) is 92.0 Å². The molecule has 0 amide bonds. The zero-order chi connectivity index (χ0) is 23.6. The molecular formula is C24H21BrN4O3S. The summed E-state index contributed by atoms with van der Waals surface area (Å²) < 4.78 is 30.2. The molecule has 0 unspecified atom stereocenters. The highest BCUT2D eigenvalue weighted by atomic mass is 79.9. The average Bonchev–Trinajstić information content (AvgIpc) is 3.06. The van der Waals surface area contributed by atoms with E-state index in [0.717, 1.165) is 10.0 Å². The lowest BCUT2D eigenvalue weighted by atomic mass is 10.2. The topological polar surface area (TPSA) is 96.3 Å². The van der Waals surface area contributed by atoms with Gasteiger partial charge in [-0.3, -0.25) is 19.6 Å². The van der Waals surface area contributed by atoms with Gasteiger partial charge in [0.15, 0.2) is 0 Å². The molecule has 1 aromatic heterocycles. The smallest absolute Gasteiger partial charge is 0.280 e. The molecule has 0 spiro atoms. The monoisotopic (exact) mass is 524 g/mol. The summed E-state index contributed by atoms with van der Waals surface area (Å²) in [5.41, 5.74) is 3.58. The molecule has 0 aliphatic rings. The second kappa shape index (κ2) is 9.21. The van der Waals surface area contributed by atoms with Crippen molar-refractivity contribution >= 4 is 43.5 Å². The molecule has 7 nitrogen and oxygen atoms in total. The van der Waals surface area contributed by atoms with E-state index in [9.17, 15) is 13.2 Å². The van der Waals surface area contributed by atoms with E-state index in [0.29, 0.717) is 28.3 Å². The van der Waals surface area contributed by atoms with E-state index in [1.807, 2.05) is 37.3 Å². The van der Waals surface area contributed by atoms with Crippen molar-refractivity contribution in [1.82, 2.24) is 9.78 Å². The first-order valence-corrected chi connectivity index (χ1v) is 12.3. The van der Waals surface area contributed by atoms with Crippen LogP contribution in [-0.2, 0) is 10.0 Å². The molecule has 168 valence electrons. The molecule has 0 saturated heterocycles. The van der Waals surface area contributed by atoms with Gasteiger partial charge >= 0.3 is 0 Å². The van der Waals surface area contributed by atoms with E-state index in [2.05, 4.69) is 30.7 Å². The summed E-state index contributed by atoms with van der Waals surface area (Å²) >= 11 is 3.38. The van der Waals surface area contributed by atoms with Crippen LogP contribution in [0.4, 0.5) is 11.4 Å². The Balaban J connectivity index is 1.54. The van der Waals surface area contributed by atoms with Crippen LogP contribution >= 0.6 is 15.9 Å². The van der Waals surface area contributed by atoms with Gasteiger partial charge in [0, 0.05) is 22.1 Å².